The van der Waals surface area contributed by atoms with Crippen LogP contribution in [0.4, 0.5) is 5.69 Å². The number of amides is 1. The van der Waals surface area contributed by atoms with Crippen molar-refractivity contribution in [1.82, 2.24) is 0 Å². The Morgan fingerprint density at radius 3 is 2.50 bits per heavy atom. The first-order valence-electron chi connectivity index (χ1n) is 10.1. The molecular formula is C25H19ClINO4S2. The van der Waals surface area contributed by atoms with Gasteiger partial charge in [0.2, 0.25) is 0 Å². The summed E-state index contributed by atoms with van der Waals surface area (Å²) in [5, 5.41) is 0.645. The number of carbonyl (C=O) groups is 1. The van der Waals surface area contributed by atoms with Crippen molar-refractivity contribution in [1.29, 1.82) is 0 Å². The van der Waals surface area contributed by atoms with Crippen LogP contribution in [0, 0.1) is 3.57 Å². The topological polar surface area (TPSA) is 48.0 Å². The van der Waals surface area contributed by atoms with Gasteiger partial charge >= 0.3 is 0 Å². The molecule has 1 aliphatic heterocycles. The number of anilines is 1. The minimum absolute atomic E-state index is 0.173. The molecule has 0 N–H and O–H groups in total. The number of halogens is 2. The molecule has 0 aliphatic carbocycles. The average molecular weight is 624 g/mol. The molecule has 9 heteroatoms. The van der Waals surface area contributed by atoms with Crippen LogP contribution >= 0.6 is 58.2 Å². The van der Waals surface area contributed by atoms with Crippen LogP contribution in [0.15, 0.2) is 65.6 Å². The molecule has 1 heterocycles. The summed E-state index contributed by atoms with van der Waals surface area (Å²) in [6.07, 6.45) is 1.81. The van der Waals surface area contributed by atoms with Gasteiger partial charge in [-0.1, -0.05) is 53.8 Å². The third kappa shape index (κ3) is 5.35. The predicted molar refractivity (Wildman–Crippen MR) is 150 cm³/mol. The third-order valence-electron chi connectivity index (χ3n) is 5.00. The molecule has 3 aromatic carbocycles. The van der Waals surface area contributed by atoms with Crippen LogP contribution in [0.3, 0.4) is 0 Å². The molecule has 0 aromatic heterocycles. The molecule has 1 saturated heterocycles. The van der Waals surface area contributed by atoms with Gasteiger partial charge in [0, 0.05) is 10.6 Å². The first kappa shape index (κ1) is 24.8. The zero-order valence-corrected chi connectivity index (χ0v) is 22.8. The van der Waals surface area contributed by atoms with Gasteiger partial charge in [0.25, 0.3) is 5.91 Å². The summed E-state index contributed by atoms with van der Waals surface area (Å²) in [6, 6.07) is 18.5. The van der Waals surface area contributed by atoms with Gasteiger partial charge in [0.1, 0.15) is 12.4 Å². The van der Waals surface area contributed by atoms with Crippen molar-refractivity contribution in [2.24, 2.45) is 0 Å². The third-order valence-corrected chi connectivity index (χ3v) is 7.48. The number of hydrogen-bond acceptors (Lipinski definition) is 6. The van der Waals surface area contributed by atoms with E-state index in [4.69, 9.17) is 38.0 Å². The van der Waals surface area contributed by atoms with E-state index in [1.807, 2.05) is 54.6 Å². The highest BCUT2D eigenvalue weighted by molar-refractivity contribution is 14.1. The molecule has 174 valence electrons. The highest BCUT2D eigenvalue weighted by Crippen LogP contribution is 2.39. The van der Waals surface area contributed by atoms with Gasteiger partial charge in [-0.2, -0.15) is 0 Å². The fourth-order valence-corrected chi connectivity index (χ4v) is 5.57. The second kappa shape index (κ2) is 11.0. The molecular weight excluding hydrogens is 605 g/mol. The van der Waals surface area contributed by atoms with E-state index in [0.717, 1.165) is 14.7 Å². The second-order valence-electron chi connectivity index (χ2n) is 7.13. The number of thiocarbonyl (C=S) groups is 1. The van der Waals surface area contributed by atoms with E-state index in [1.165, 1.54) is 16.7 Å². The van der Waals surface area contributed by atoms with Crippen molar-refractivity contribution in [2.75, 3.05) is 19.1 Å². The maximum absolute atomic E-state index is 13.1. The summed E-state index contributed by atoms with van der Waals surface area (Å²) in [6.45, 7) is 0.311. The Morgan fingerprint density at radius 2 is 1.82 bits per heavy atom. The van der Waals surface area contributed by atoms with Gasteiger partial charge in [-0.25, -0.2) is 0 Å². The quantitative estimate of drug-likeness (QED) is 0.161. The highest BCUT2D eigenvalue weighted by atomic mass is 127. The SMILES string of the molecule is COc1ccc(N2C(=O)/C(=C/c3cc(I)c(OCc4ccccc4Cl)c(OC)c3)SC2=S)cc1. The molecule has 0 saturated carbocycles. The molecule has 0 spiro atoms. The van der Waals surface area contributed by atoms with E-state index in [1.54, 1.807) is 26.4 Å². The van der Waals surface area contributed by atoms with Crippen molar-refractivity contribution in [3.8, 4) is 17.2 Å². The lowest BCUT2D eigenvalue weighted by Gasteiger charge is -2.15. The zero-order chi connectivity index (χ0) is 24.2. The fraction of sp³-hybridized carbons (Fsp3) is 0.120. The van der Waals surface area contributed by atoms with E-state index >= 15 is 0 Å². The Morgan fingerprint density at radius 1 is 1.09 bits per heavy atom. The molecule has 34 heavy (non-hydrogen) atoms. The molecule has 3 aromatic rings. The lowest BCUT2D eigenvalue weighted by atomic mass is 10.1. The first-order chi connectivity index (χ1) is 16.4. The van der Waals surface area contributed by atoms with Gasteiger partial charge in [-0.05, 0) is 76.7 Å². The van der Waals surface area contributed by atoms with Crippen LogP contribution in [-0.2, 0) is 11.4 Å². The lowest BCUT2D eigenvalue weighted by molar-refractivity contribution is -0.113. The maximum atomic E-state index is 13.1. The van der Waals surface area contributed by atoms with Crippen molar-refractivity contribution >= 4 is 80.2 Å². The van der Waals surface area contributed by atoms with E-state index in [9.17, 15) is 4.79 Å². The number of rotatable bonds is 7. The Balaban J connectivity index is 1.57. The minimum atomic E-state index is -0.173. The smallest absolute Gasteiger partial charge is 0.270 e. The largest absolute Gasteiger partial charge is 0.497 e. The van der Waals surface area contributed by atoms with E-state index in [-0.39, 0.29) is 5.91 Å². The molecule has 4 rings (SSSR count). The first-order valence-corrected chi connectivity index (χ1v) is 12.7. The van der Waals surface area contributed by atoms with Crippen LogP contribution in [0.25, 0.3) is 6.08 Å². The van der Waals surface area contributed by atoms with Crippen LogP contribution < -0.4 is 19.1 Å². The minimum Gasteiger partial charge on any atom is -0.497 e. The summed E-state index contributed by atoms with van der Waals surface area (Å²) >= 11 is 15.2. The molecule has 0 unspecified atom stereocenters. The Kier molecular flexibility index (Phi) is 8.02. The van der Waals surface area contributed by atoms with Crippen LogP contribution in [0.5, 0.6) is 17.2 Å². The monoisotopic (exact) mass is 623 g/mol. The number of nitrogens with zero attached hydrogens (tertiary/aromatic N) is 1. The summed E-state index contributed by atoms with van der Waals surface area (Å²) in [5.41, 5.74) is 2.39. The van der Waals surface area contributed by atoms with Gasteiger partial charge in [-0.15, -0.1) is 0 Å². The molecule has 0 bridgehead atoms. The number of carbonyl (C=O) groups excluding carboxylic acids is 1. The molecule has 1 amide bonds. The number of ether oxygens (including phenoxy) is 3. The van der Waals surface area contributed by atoms with Crippen LogP contribution in [-0.4, -0.2) is 24.4 Å². The maximum Gasteiger partial charge on any atom is 0.270 e. The summed E-state index contributed by atoms with van der Waals surface area (Å²) < 4.78 is 18.1. The normalized spacial score (nSPS) is 14.6. The summed E-state index contributed by atoms with van der Waals surface area (Å²) in [4.78, 5) is 15.2. The van der Waals surface area contributed by atoms with Crippen molar-refractivity contribution in [2.45, 2.75) is 6.61 Å². The van der Waals surface area contributed by atoms with Gasteiger partial charge in [-0.3, -0.25) is 9.69 Å². The van der Waals surface area contributed by atoms with Crippen molar-refractivity contribution in [3.05, 3.63) is 85.3 Å². The fourth-order valence-electron chi connectivity index (χ4n) is 3.30. The average Bonchev–Trinajstić information content (AvgIpc) is 3.11. The van der Waals surface area contributed by atoms with Crippen LogP contribution in [0.2, 0.25) is 5.02 Å². The van der Waals surface area contributed by atoms with E-state index in [0.29, 0.717) is 43.8 Å². The van der Waals surface area contributed by atoms with E-state index in [2.05, 4.69) is 22.6 Å². The Bertz CT molecular complexity index is 1280. The highest BCUT2D eigenvalue weighted by Gasteiger charge is 2.33. The second-order valence-corrected chi connectivity index (χ2v) is 10.4. The molecule has 5 nitrogen and oxygen atoms in total. The summed E-state index contributed by atoms with van der Waals surface area (Å²) in [5.74, 6) is 1.72. The van der Waals surface area contributed by atoms with Gasteiger partial charge < -0.3 is 14.2 Å². The zero-order valence-electron chi connectivity index (χ0n) is 18.2. The standard InChI is InChI=1S/C25H19ClINO4S2/c1-30-18-9-7-17(8-10-18)28-24(29)22(34-25(28)33)13-15-11-20(27)23(21(12-15)31-2)32-14-16-5-3-4-6-19(16)26/h3-13H,14H2,1-2H3/b22-13-. The predicted octanol–water partition coefficient (Wildman–Crippen LogP) is 6.95. The molecule has 0 radical (unpaired) electrons. The number of methoxy groups -OCH3 is 2. The molecule has 0 atom stereocenters. The van der Waals surface area contributed by atoms with Gasteiger partial charge in [0.05, 0.1) is 28.4 Å². The number of hydrogen-bond donors (Lipinski definition) is 0. The van der Waals surface area contributed by atoms with Crippen molar-refractivity contribution in [3.63, 3.8) is 0 Å². The number of benzene rings is 3. The molecule has 1 aliphatic rings. The Hall–Kier alpha value is -2.27. The Labute approximate surface area is 226 Å². The van der Waals surface area contributed by atoms with Gasteiger partial charge in [0.15, 0.2) is 15.8 Å². The van der Waals surface area contributed by atoms with E-state index < -0.39 is 0 Å². The molecule has 1 fully saturated rings. The lowest BCUT2D eigenvalue weighted by Crippen LogP contribution is -2.27. The van der Waals surface area contributed by atoms with Crippen LogP contribution in [0.1, 0.15) is 11.1 Å². The van der Waals surface area contributed by atoms with Crippen molar-refractivity contribution < 1.29 is 19.0 Å². The summed E-state index contributed by atoms with van der Waals surface area (Å²) in [7, 11) is 3.18. The number of thioether (sulfide) groups is 1.